The predicted molar refractivity (Wildman–Crippen MR) is 72.3 cm³/mol. The largest absolute Gasteiger partial charge is 0.396 e. The van der Waals surface area contributed by atoms with Crippen LogP contribution in [0.5, 0.6) is 0 Å². The van der Waals surface area contributed by atoms with Crippen molar-refractivity contribution >= 4 is 0 Å². The Balaban J connectivity index is 2.08. The minimum absolute atomic E-state index is 0.0438. The molecule has 0 saturated carbocycles. The van der Waals surface area contributed by atoms with Gasteiger partial charge in [-0.15, -0.1) is 0 Å². The molecule has 0 bridgehead atoms. The van der Waals surface area contributed by atoms with E-state index in [1.165, 1.54) is 26.2 Å². The Morgan fingerprint density at radius 2 is 1.88 bits per heavy atom. The molecule has 0 aromatic carbocycles. The molecule has 1 heterocycles. The van der Waals surface area contributed by atoms with E-state index in [1.807, 2.05) is 0 Å². The van der Waals surface area contributed by atoms with E-state index in [9.17, 15) is 5.11 Å². The van der Waals surface area contributed by atoms with Gasteiger partial charge in [-0.25, -0.2) is 0 Å². The molecule has 1 atom stereocenters. The van der Waals surface area contributed by atoms with Crippen molar-refractivity contribution in [3.63, 3.8) is 0 Å². The number of nitrogens with one attached hydrogen (secondary N) is 1. The minimum Gasteiger partial charge on any atom is -0.396 e. The molecule has 0 aromatic rings. The summed E-state index contributed by atoms with van der Waals surface area (Å²) in [5, 5.41) is 12.8. The maximum Gasteiger partial charge on any atom is 0.0496 e. The number of rotatable bonds is 7. The summed E-state index contributed by atoms with van der Waals surface area (Å²) in [4.78, 5) is 4.89. The molecule has 0 spiro atoms. The molecule has 4 heteroatoms. The molecular formula is C13H29N3O. The van der Waals surface area contributed by atoms with Gasteiger partial charge in [0.25, 0.3) is 0 Å². The first kappa shape index (κ1) is 14.9. The van der Waals surface area contributed by atoms with E-state index in [0.717, 1.165) is 26.1 Å². The van der Waals surface area contributed by atoms with Gasteiger partial charge in [0.2, 0.25) is 0 Å². The van der Waals surface area contributed by atoms with Crippen molar-refractivity contribution < 1.29 is 5.11 Å². The topological polar surface area (TPSA) is 38.7 Å². The van der Waals surface area contributed by atoms with Gasteiger partial charge in [0, 0.05) is 57.8 Å². The van der Waals surface area contributed by atoms with Crippen LogP contribution in [-0.4, -0.2) is 74.4 Å². The van der Waals surface area contributed by atoms with Gasteiger partial charge in [-0.3, -0.25) is 4.90 Å². The van der Waals surface area contributed by atoms with Crippen molar-refractivity contribution in [1.29, 1.82) is 0 Å². The Kier molecular flexibility index (Phi) is 6.41. The van der Waals surface area contributed by atoms with Crippen molar-refractivity contribution in [3.05, 3.63) is 0 Å². The van der Waals surface area contributed by atoms with E-state index in [-0.39, 0.29) is 12.0 Å². The van der Waals surface area contributed by atoms with Crippen LogP contribution >= 0.6 is 0 Å². The van der Waals surface area contributed by atoms with Crippen LogP contribution in [0.15, 0.2) is 0 Å². The summed E-state index contributed by atoms with van der Waals surface area (Å²) in [5.41, 5.74) is 0.0438. The molecule has 102 valence electrons. The molecule has 1 aliphatic heterocycles. The lowest BCUT2D eigenvalue weighted by Gasteiger charge is -2.33. The fraction of sp³-hybridized carbons (Fsp3) is 1.00. The maximum absolute atomic E-state index is 9.31. The van der Waals surface area contributed by atoms with E-state index in [4.69, 9.17) is 0 Å². The van der Waals surface area contributed by atoms with Crippen LogP contribution in [0, 0.1) is 5.41 Å². The maximum atomic E-state index is 9.31. The lowest BCUT2D eigenvalue weighted by Crippen LogP contribution is -2.47. The van der Waals surface area contributed by atoms with Crippen molar-refractivity contribution in [2.45, 2.75) is 20.3 Å². The standard InChI is InChI=1S/C13H29N3O/c1-4-13(2,12-17)11-14-5-6-16-9-7-15(3)8-10-16/h14,17H,4-12H2,1-3H3. The fourth-order valence-corrected chi connectivity index (χ4v) is 1.99. The van der Waals surface area contributed by atoms with Gasteiger partial charge in [-0.2, -0.15) is 0 Å². The van der Waals surface area contributed by atoms with Crippen LogP contribution in [0.25, 0.3) is 0 Å². The Morgan fingerprint density at radius 3 is 2.41 bits per heavy atom. The molecule has 0 aromatic heterocycles. The third kappa shape index (κ3) is 5.34. The summed E-state index contributed by atoms with van der Waals surface area (Å²) >= 11 is 0. The number of piperazine rings is 1. The first-order valence-corrected chi connectivity index (χ1v) is 6.82. The van der Waals surface area contributed by atoms with Crippen LogP contribution in [-0.2, 0) is 0 Å². The zero-order valence-electron chi connectivity index (χ0n) is 11.7. The summed E-state index contributed by atoms with van der Waals surface area (Å²) in [6, 6.07) is 0. The lowest BCUT2D eigenvalue weighted by molar-refractivity contribution is 0.129. The summed E-state index contributed by atoms with van der Waals surface area (Å²) in [6.07, 6.45) is 1.02. The third-order valence-electron chi connectivity index (χ3n) is 3.99. The van der Waals surface area contributed by atoms with Gasteiger partial charge in [-0.1, -0.05) is 13.8 Å². The molecule has 1 saturated heterocycles. The number of aliphatic hydroxyl groups is 1. The van der Waals surface area contributed by atoms with E-state index in [0.29, 0.717) is 0 Å². The van der Waals surface area contributed by atoms with Crippen molar-refractivity contribution in [2.24, 2.45) is 5.41 Å². The quantitative estimate of drug-likeness (QED) is 0.628. The zero-order chi connectivity index (χ0) is 12.7. The normalized spacial score (nSPS) is 22.6. The molecule has 1 aliphatic rings. The van der Waals surface area contributed by atoms with E-state index in [1.54, 1.807) is 0 Å². The molecule has 1 rings (SSSR count). The predicted octanol–water partition coefficient (Wildman–Crippen LogP) is 0.232. The Labute approximate surface area is 106 Å². The number of aliphatic hydroxyl groups excluding tert-OH is 1. The van der Waals surface area contributed by atoms with Gasteiger partial charge in [0.05, 0.1) is 0 Å². The number of hydrogen-bond donors (Lipinski definition) is 2. The molecule has 1 fully saturated rings. The highest BCUT2D eigenvalue weighted by Gasteiger charge is 2.20. The highest BCUT2D eigenvalue weighted by Crippen LogP contribution is 2.17. The SMILES string of the molecule is CCC(C)(CO)CNCCN1CCN(C)CC1. The Morgan fingerprint density at radius 1 is 1.24 bits per heavy atom. The fourth-order valence-electron chi connectivity index (χ4n) is 1.99. The van der Waals surface area contributed by atoms with Gasteiger partial charge in [-0.05, 0) is 13.5 Å². The number of likely N-dealkylation sites (N-methyl/N-ethyl adjacent to an activating group) is 1. The van der Waals surface area contributed by atoms with Crippen LogP contribution in [0.2, 0.25) is 0 Å². The zero-order valence-corrected chi connectivity index (χ0v) is 11.7. The lowest BCUT2D eigenvalue weighted by atomic mass is 9.89. The Bertz CT molecular complexity index is 199. The van der Waals surface area contributed by atoms with Crippen LogP contribution in [0.1, 0.15) is 20.3 Å². The molecule has 17 heavy (non-hydrogen) atoms. The van der Waals surface area contributed by atoms with Crippen LogP contribution in [0.3, 0.4) is 0 Å². The number of hydrogen-bond acceptors (Lipinski definition) is 4. The average Bonchev–Trinajstić information content (AvgIpc) is 2.36. The summed E-state index contributed by atoms with van der Waals surface area (Å²) < 4.78 is 0. The first-order chi connectivity index (χ1) is 8.09. The second-order valence-corrected chi connectivity index (χ2v) is 5.64. The molecule has 1 unspecified atom stereocenters. The molecule has 0 radical (unpaired) electrons. The van der Waals surface area contributed by atoms with Crippen LogP contribution in [0.4, 0.5) is 0 Å². The van der Waals surface area contributed by atoms with Gasteiger partial charge >= 0.3 is 0 Å². The molecule has 0 aliphatic carbocycles. The van der Waals surface area contributed by atoms with Crippen molar-refractivity contribution in [3.8, 4) is 0 Å². The highest BCUT2D eigenvalue weighted by molar-refractivity contribution is 4.75. The minimum atomic E-state index is 0.0438. The van der Waals surface area contributed by atoms with Gasteiger partial charge in [0.1, 0.15) is 0 Å². The highest BCUT2D eigenvalue weighted by atomic mass is 16.3. The average molecular weight is 243 g/mol. The number of nitrogens with zero attached hydrogens (tertiary/aromatic N) is 2. The van der Waals surface area contributed by atoms with Gasteiger partial charge < -0.3 is 15.3 Å². The molecular weight excluding hydrogens is 214 g/mol. The van der Waals surface area contributed by atoms with Gasteiger partial charge in [0.15, 0.2) is 0 Å². The van der Waals surface area contributed by atoms with E-state index in [2.05, 4.69) is 36.0 Å². The van der Waals surface area contributed by atoms with Crippen LogP contribution < -0.4 is 5.32 Å². The molecule has 2 N–H and O–H groups in total. The molecule has 0 amide bonds. The first-order valence-electron chi connectivity index (χ1n) is 6.82. The van der Waals surface area contributed by atoms with Crippen molar-refractivity contribution in [2.75, 3.05) is 59.5 Å². The Hall–Kier alpha value is -0.160. The van der Waals surface area contributed by atoms with Crippen molar-refractivity contribution in [1.82, 2.24) is 15.1 Å². The van der Waals surface area contributed by atoms with E-state index >= 15 is 0 Å². The summed E-state index contributed by atoms with van der Waals surface area (Å²) in [5.74, 6) is 0. The second kappa shape index (κ2) is 7.31. The third-order valence-corrected chi connectivity index (χ3v) is 3.99. The second-order valence-electron chi connectivity index (χ2n) is 5.64. The monoisotopic (exact) mass is 243 g/mol. The van der Waals surface area contributed by atoms with E-state index < -0.39 is 0 Å². The smallest absolute Gasteiger partial charge is 0.0496 e. The summed E-state index contributed by atoms with van der Waals surface area (Å²) in [7, 11) is 2.18. The molecule has 4 nitrogen and oxygen atoms in total. The summed E-state index contributed by atoms with van der Waals surface area (Å²) in [6.45, 7) is 12.3.